The minimum absolute atomic E-state index is 0.00290. The SMILES string of the molecule is CC(C)(C)c1ccnc(-n2c3ccccc3c3ccc(Oc4cc(-c5ccccc5)cc(N5C=CN(c6cccc(C(C)(C)c7ccccc7)c6)C5)c4)cc32)c1. The van der Waals surface area contributed by atoms with Gasteiger partial charge in [0, 0.05) is 58.3 Å². The van der Waals surface area contributed by atoms with Gasteiger partial charge in [-0.15, -0.1) is 0 Å². The van der Waals surface area contributed by atoms with E-state index in [1.165, 1.54) is 22.1 Å². The van der Waals surface area contributed by atoms with Crippen molar-refractivity contribution in [2.75, 3.05) is 16.5 Å². The van der Waals surface area contributed by atoms with Gasteiger partial charge in [0.2, 0.25) is 0 Å². The van der Waals surface area contributed by atoms with Crippen LogP contribution >= 0.6 is 0 Å². The van der Waals surface area contributed by atoms with Crippen molar-refractivity contribution in [3.8, 4) is 28.4 Å². The molecule has 5 heteroatoms. The Labute approximate surface area is 329 Å². The van der Waals surface area contributed by atoms with Crippen LogP contribution in [0.5, 0.6) is 11.5 Å². The zero-order valence-corrected chi connectivity index (χ0v) is 32.6. The third-order valence-corrected chi connectivity index (χ3v) is 11.2. The average Bonchev–Trinajstić information content (AvgIpc) is 3.85. The number of pyridine rings is 1. The molecular weight excluding hydrogens is 685 g/mol. The smallest absolute Gasteiger partial charge is 0.137 e. The molecule has 0 saturated carbocycles. The monoisotopic (exact) mass is 730 g/mol. The molecule has 0 amide bonds. The molecule has 5 nitrogen and oxygen atoms in total. The lowest BCUT2D eigenvalue weighted by Gasteiger charge is -2.28. The first kappa shape index (κ1) is 35.1. The van der Waals surface area contributed by atoms with E-state index in [2.05, 4.69) is 219 Å². The Hall–Kier alpha value is -6.59. The molecule has 3 heterocycles. The number of hydrogen-bond donors (Lipinski definition) is 0. The van der Waals surface area contributed by atoms with Crippen molar-refractivity contribution >= 4 is 33.2 Å². The number of hydrogen-bond acceptors (Lipinski definition) is 4. The number of ether oxygens (including phenoxy) is 1. The highest BCUT2D eigenvalue weighted by atomic mass is 16.5. The van der Waals surface area contributed by atoms with Crippen LogP contribution in [0, 0.1) is 0 Å². The number of fused-ring (bicyclic) bond motifs is 3. The predicted molar refractivity (Wildman–Crippen MR) is 233 cm³/mol. The normalized spacial score (nSPS) is 13.2. The van der Waals surface area contributed by atoms with E-state index in [0.717, 1.165) is 56.2 Å². The van der Waals surface area contributed by atoms with Gasteiger partial charge in [-0.05, 0) is 87.8 Å². The summed E-state index contributed by atoms with van der Waals surface area (Å²) in [5, 5.41) is 2.35. The molecule has 6 aromatic carbocycles. The molecular formula is C51H46N4O. The fourth-order valence-corrected chi connectivity index (χ4v) is 7.86. The second-order valence-electron chi connectivity index (χ2n) is 16.3. The lowest BCUT2D eigenvalue weighted by molar-refractivity contribution is 0.483. The standard InChI is InChI=1S/C51H46N4O/c1-50(2,3)39-25-26-52-49(32-39)55-47-22-13-12-21-45(47)46-24-23-43(34-48(46)55)56-44-30-37(36-15-8-6-9-16-36)29-42(33-44)54-28-27-53(35-54)41-20-14-19-40(31-41)51(4,5)38-17-10-7-11-18-38/h6-34H,35H2,1-5H3. The minimum Gasteiger partial charge on any atom is -0.457 e. The van der Waals surface area contributed by atoms with E-state index in [1.54, 1.807) is 0 Å². The summed E-state index contributed by atoms with van der Waals surface area (Å²) in [6.45, 7) is 12.0. The van der Waals surface area contributed by atoms with Crippen molar-refractivity contribution < 1.29 is 4.74 Å². The summed E-state index contributed by atoms with van der Waals surface area (Å²) in [5.41, 5.74) is 10.3. The van der Waals surface area contributed by atoms with Crippen LogP contribution in [0.4, 0.5) is 11.4 Å². The van der Waals surface area contributed by atoms with E-state index in [4.69, 9.17) is 9.72 Å². The van der Waals surface area contributed by atoms with Gasteiger partial charge in [0.05, 0.1) is 17.7 Å². The first-order chi connectivity index (χ1) is 27.1. The first-order valence-electron chi connectivity index (χ1n) is 19.4. The molecule has 0 atom stereocenters. The van der Waals surface area contributed by atoms with Gasteiger partial charge in [0.25, 0.3) is 0 Å². The summed E-state index contributed by atoms with van der Waals surface area (Å²) in [6, 6.07) is 56.0. The highest BCUT2D eigenvalue weighted by Crippen LogP contribution is 2.39. The van der Waals surface area contributed by atoms with Crippen LogP contribution in [-0.2, 0) is 10.8 Å². The maximum absolute atomic E-state index is 6.82. The molecule has 56 heavy (non-hydrogen) atoms. The van der Waals surface area contributed by atoms with Crippen molar-refractivity contribution in [1.82, 2.24) is 9.55 Å². The van der Waals surface area contributed by atoms with E-state index < -0.39 is 0 Å². The fraction of sp³-hybridized carbons (Fsp3) is 0.157. The molecule has 0 saturated heterocycles. The minimum atomic E-state index is -0.124. The Kier molecular flexibility index (Phi) is 8.73. The van der Waals surface area contributed by atoms with Gasteiger partial charge in [-0.1, -0.05) is 126 Å². The number of rotatable bonds is 8. The summed E-state index contributed by atoms with van der Waals surface area (Å²) in [4.78, 5) is 9.46. The van der Waals surface area contributed by atoms with Crippen molar-refractivity contribution in [3.05, 3.63) is 193 Å². The molecule has 0 aliphatic carbocycles. The maximum atomic E-state index is 6.82. The molecule has 276 valence electrons. The molecule has 0 unspecified atom stereocenters. The lowest BCUT2D eigenvalue weighted by atomic mass is 9.78. The number of aromatic nitrogens is 2. The Morgan fingerprint density at radius 3 is 1.98 bits per heavy atom. The summed E-state index contributed by atoms with van der Waals surface area (Å²) in [7, 11) is 0. The lowest BCUT2D eigenvalue weighted by Crippen LogP contribution is -2.25. The Morgan fingerprint density at radius 2 is 1.20 bits per heavy atom. The van der Waals surface area contributed by atoms with Crippen LogP contribution in [0.25, 0.3) is 38.8 Å². The number of benzene rings is 6. The Balaban J connectivity index is 1.06. The highest BCUT2D eigenvalue weighted by Gasteiger charge is 2.25. The van der Waals surface area contributed by atoms with Gasteiger partial charge >= 0.3 is 0 Å². The molecule has 8 aromatic rings. The molecule has 0 bridgehead atoms. The van der Waals surface area contributed by atoms with Crippen LogP contribution in [0.15, 0.2) is 176 Å². The first-order valence-corrected chi connectivity index (χ1v) is 19.4. The number of nitrogens with zero attached hydrogens (tertiary/aromatic N) is 4. The maximum Gasteiger partial charge on any atom is 0.137 e. The van der Waals surface area contributed by atoms with Crippen LogP contribution in [0.2, 0.25) is 0 Å². The van der Waals surface area contributed by atoms with Gasteiger partial charge in [-0.25, -0.2) is 4.98 Å². The van der Waals surface area contributed by atoms with Gasteiger partial charge in [0.15, 0.2) is 0 Å². The molecule has 0 fully saturated rings. The van der Waals surface area contributed by atoms with E-state index in [9.17, 15) is 0 Å². The highest BCUT2D eigenvalue weighted by molar-refractivity contribution is 6.09. The van der Waals surface area contributed by atoms with Crippen molar-refractivity contribution in [1.29, 1.82) is 0 Å². The van der Waals surface area contributed by atoms with Crippen LogP contribution in [0.1, 0.15) is 51.3 Å². The Morgan fingerprint density at radius 1 is 0.500 bits per heavy atom. The zero-order valence-electron chi connectivity index (χ0n) is 32.6. The van der Waals surface area contributed by atoms with E-state index in [0.29, 0.717) is 6.67 Å². The molecule has 1 aliphatic heterocycles. The average molecular weight is 731 g/mol. The molecule has 1 aliphatic rings. The Bertz CT molecular complexity index is 2720. The molecule has 0 N–H and O–H groups in total. The van der Waals surface area contributed by atoms with Gasteiger partial charge < -0.3 is 14.5 Å². The van der Waals surface area contributed by atoms with Crippen LogP contribution in [0.3, 0.4) is 0 Å². The van der Waals surface area contributed by atoms with Crippen molar-refractivity contribution in [2.24, 2.45) is 0 Å². The summed E-state index contributed by atoms with van der Waals surface area (Å²) in [6.07, 6.45) is 6.25. The van der Waals surface area contributed by atoms with Crippen LogP contribution < -0.4 is 14.5 Å². The molecule has 2 aromatic heterocycles. The van der Waals surface area contributed by atoms with E-state index >= 15 is 0 Å². The second kappa shape index (κ2) is 13.9. The quantitative estimate of drug-likeness (QED) is 0.156. The van der Waals surface area contributed by atoms with E-state index in [-0.39, 0.29) is 10.8 Å². The predicted octanol–water partition coefficient (Wildman–Crippen LogP) is 13.0. The molecule has 0 radical (unpaired) electrons. The second-order valence-corrected chi connectivity index (χ2v) is 16.3. The molecule has 0 spiro atoms. The van der Waals surface area contributed by atoms with E-state index in [1.807, 2.05) is 6.20 Å². The number of anilines is 2. The van der Waals surface area contributed by atoms with Crippen molar-refractivity contribution in [3.63, 3.8) is 0 Å². The van der Waals surface area contributed by atoms with Crippen molar-refractivity contribution in [2.45, 2.75) is 45.4 Å². The topological polar surface area (TPSA) is 33.5 Å². The summed E-state index contributed by atoms with van der Waals surface area (Å²) in [5.74, 6) is 2.43. The third-order valence-electron chi connectivity index (χ3n) is 11.2. The number of para-hydroxylation sites is 1. The fourth-order valence-electron chi connectivity index (χ4n) is 7.86. The largest absolute Gasteiger partial charge is 0.457 e. The molecule has 9 rings (SSSR count). The van der Waals surface area contributed by atoms with Gasteiger partial charge in [-0.2, -0.15) is 0 Å². The van der Waals surface area contributed by atoms with Crippen LogP contribution in [-0.4, -0.2) is 16.2 Å². The van der Waals surface area contributed by atoms with Gasteiger partial charge in [0.1, 0.15) is 17.3 Å². The van der Waals surface area contributed by atoms with Gasteiger partial charge in [-0.3, -0.25) is 4.57 Å². The summed E-state index contributed by atoms with van der Waals surface area (Å²) >= 11 is 0. The summed E-state index contributed by atoms with van der Waals surface area (Å²) < 4.78 is 9.08. The zero-order chi connectivity index (χ0) is 38.4. The third kappa shape index (κ3) is 6.60.